The van der Waals surface area contributed by atoms with Crippen molar-refractivity contribution in [2.24, 2.45) is 0 Å². The van der Waals surface area contributed by atoms with Gasteiger partial charge in [-0.05, 0) is 103 Å². The number of rotatable bonds is 5. The molecule has 0 saturated heterocycles. The molecule has 0 saturated carbocycles. The maximum Gasteiger partial charge on any atom is 0.159 e. The number of anilines is 3. The van der Waals surface area contributed by atoms with Gasteiger partial charge in [-0.25, -0.2) is 0 Å². The first-order valence-electron chi connectivity index (χ1n) is 21.4. The molecule has 0 N–H and O–H groups in total. The predicted molar refractivity (Wildman–Crippen MR) is 265 cm³/mol. The summed E-state index contributed by atoms with van der Waals surface area (Å²) in [5, 5.41) is 9.60. The Morgan fingerprint density at radius 1 is 0.403 bits per heavy atom. The lowest BCUT2D eigenvalue weighted by molar-refractivity contribution is 0.660. The topological polar surface area (TPSA) is 16.4 Å². The van der Waals surface area contributed by atoms with Gasteiger partial charge in [-0.2, -0.15) is 0 Å². The zero-order valence-electron chi connectivity index (χ0n) is 34.3. The summed E-state index contributed by atoms with van der Waals surface area (Å²) in [6, 6.07) is 73.5. The second kappa shape index (κ2) is 13.3. The summed E-state index contributed by atoms with van der Waals surface area (Å²) in [4.78, 5) is 2.44. The quantitative estimate of drug-likeness (QED) is 0.161. The van der Waals surface area contributed by atoms with E-state index in [-0.39, 0.29) is 5.41 Å². The van der Waals surface area contributed by atoms with Crippen LogP contribution in [0.5, 0.6) is 0 Å². The van der Waals surface area contributed by atoms with Crippen LogP contribution in [0, 0.1) is 0 Å². The van der Waals surface area contributed by atoms with Gasteiger partial charge >= 0.3 is 0 Å². The van der Waals surface area contributed by atoms with E-state index in [4.69, 9.17) is 4.42 Å². The molecule has 12 aromatic rings. The lowest BCUT2D eigenvalue weighted by atomic mass is 9.82. The molecular formula is C59H39NOS. The summed E-state index contributed by atoms with van der Waals surface area (Å²) in [5.74, 6) is 0. The molecule has 0 radical (unpaired) electrons. The molecule has 1 aliphatic carbocycles. The number of nitrogens with zero attached hydrogens (tertiary/aromatic N) is 1. The highest BCUT2D eigenvalue weighted by molar-refractivity contribution is 7.26. The van der Waals surface area contributed by atoms with Gasteiger partial charge in [-0.3, -0.25) is 0 Å². The average molecular weight is 810 g/mol. The number of hydrogen-bond acceptors (Lipinski definition) is 3. The van der Waals surface area contributed by atoms with Crippen molar-refractivity contribution in [3.05, 3.63) is 211 Å². The smallest absolute Gasteiger partial charge is 0.159 e. The van der Waals surface area contributed by atoms with Crippen LogP contribution < -0.4 is 4.90 Å². The van der Waals surface area contributed by atoms with Crippen molar-refractivity contribution in [3.63, 3.8) is 0 Å². The van der Waals surface area contributed by atoms with Crippen molar-refractivity contribution in [2.45, 2.75) is 19.3 Å². The van der Waals surface area contributed by atoms with E-state index in [9.17, 15) is 0 Å². The van der Waals surface area contributed by atoms with Crippen LogP contribution >= 0.6 is 11.3 Å². The molecule has 0 atom stereocenters. The Bertz CT molecular complexity index is 3780. The minimum Gasteiger partial charge on any atom is -0.453 e. The highest BCUT2D eigenvalue weighted by atomic mass is 32.1. The fourth-order valence-corrected chi connectivity index (χ4v) is 11.7. The van der Waals surface area contributed by atoms with E-state index < -0.39 is 0 Å². The zero-order valence-corrected chi connectivity index (χ0v) is 35.1. The Kier molecular flexibility index (Phi) is 7.56. The number of fused-ring (bicyclic) bond motifs is 14. The van der Waals surface area contributed by atoms with E-state index in [1.165, 1.54) is 69.7 Å². The van der Waals surface area contributed by atoms with E-state index in [2.05, 4.69) is 219 Å². The first-order valence-corrected chi connectivity index (χ1v) is 22.2. The third-order valence-electron chi connectivity index (χ3n) is 13.4. The van der Waals surface area contributed by atoms with Crippen LogP contribution in [0.25, 0.3) is 97.0 Å². The number of hydrogen-bond donors (Lipinski definition) is 0. The largest absolute Gasteiger partial charge is 0.453 e. The summed E-state index contributed by atoms with van der Waals surface area (Å²) in [6.45, 7) is 4.72. The molecule has 292 valence electrons. The van der Waals surface area contributed by atoms with Gasteiger partial charge in [0.15, 0.2) is 5.58 Å². The SMILES string of the molecule is CC1(C)c2ccccc2-c2ccc(N(c3ccc(-c4cccc5c4sc4ccccc45)cc3)c3cc(-c4ccccc4)cc4c3oc3c5ccccc5c5ccccc5c43)cc21. The van der Waals surface area contributed by atoms with Crippen molar-refractivity contribution in [1.82, 2.24) is 0 Å². The standard InChI is InChI=1S/C59H39NOS/c1-59(2)51-25-12-10-19-44(51)45-32-31-40(35-52(45)59)60(39-29-27-37(28-30-39)41-23-14-24-49-46-20-11-13-26-54(46)62-58(41)49)53-34-38(36-15-4-3-5-16-36)33-50-55-47-21-8-6-17-42(47)43-18-7-9-22-48(43)57(55)61-56(50)53/h3-35H,1-2H3. The predicted octanol–water partition coefficient (Wildman–Crippen LogP) is 17.4. The van der Waals surface area contributed by atoms with Crippen LogP contribution in [0.3, 0.4) is 0 Å². The second-order valence-corrected chi connectivity index (χ2v) is 18.3. The van der Waals surface area contributed by atoms with E-state index in [0.717, 1.165) is 55.5 Å². The molecule has 62 heavy (non-hydrogen) atoms. The molecule has 2 aromatic heterocycles. The van der Waals surface area contributed by atoms with Crippen LogP contribution in [0.1, 0.15) is 25.0 Å². The van der Waals surface area contributed by atoms with Gasteiger partial charge in [0.25, 0.3) is 0 Å². The maximum absolute atomic E-state index is 7.33. The van der Waals surface area contributed by atoms with Crippen molar-refractivity contribution in [1.29, 1.82) is 0 Å². The van der Waals surface area contributed by atoms with Gasteiger partial charge in [0.2, 0.25) is 0 Å². The molecule has 13 rings (SSSR count). The summed E-state index contributed by atoms with van der Waals surface area (Å²) in [5.41, 5.74) is 14.8. The van der Waals surface area contributed by atoms with Gasteiger partial charge in [-0.1, -0.05) is 172 Å². The number of thiophene rings is 1. The number of furan rings is 1. The molecule has 0 unspecified atom stereocenters. The van der Waals surface area contributed by atoms with E-state index in [0.29, 0.717) is 0 Å². The van der Waals surface area contributed by atoms with Crippen LogP contribution in [-0.4, -0.2) is 0 Å². The Morgan fingerprint density at radius 3 is 1.85 bits per heavy atom. The molecule has 1 aliphatic rings. The molecule has 2 nitrogen and oxygen atoms in total. The van der Waals surface area contributed by atoms with E-state index in [1.807, 2.05) is 11.3 Å². The van der Waals surface area contributed by atoms with E-state index in [1.54, 1.807) is 0 Å². The fourth-order valence-electron chi connectivity index (χ4n) is 10.5. The monoisotopic (exact) mass is 809 g/mol. The highest BCUT2D eigenvalue weighted by Crippen LogP contribution is 2.53. The highest BCUT2D eigenvalue weighted by Gasteiger charge is 2.36. The number of benzene rings is 10. The van der Waals surface area contributed by atoms with Gasteiger partial charge < -0.3 is 9.32 Å². The van der Waals surface area contributed by atoms with Crippen molar-refractivity contribution in [2.75, 3.05) is 4.90 Å². The zero-order chi connectivity index (χ0) is 41.1. The molecule has 0 fully saturated rings. The first-order chi connectivity index (χ1) is 30.5. The van der Waals surface area contributed by atoms with Crippen LogP contribution in [0.4, 0.5) is 17.1 Å². The summed E-state index contributed by atoms with van der Waals surface area (Å²) >= 11 is 1.87. The molecular weight excluding hydrogens is 771 g/mol. The van der Waals surface area contributed by atoms with Crippen molar-refractivity contribution < 1.29 is 4.42 Å². The molecule has 2 heterocycles. The Balaban J connectivity index is 1.10. The minimum absolute atomic E-state index is 0.168. The normalized spacial score (nSPS) is 13.1. The van der Waals surface area contributed by atoms with Crippen molar-refractivity contribution in [3.8, 4) is 33.4 Å². The third kappa shape index (κ3) is 5.09. The fraction of sp³-hybridized carbons (Fsp3) is 0.0508. The first kappa shape index (κ1) is 35.3. The van der Waals surface area contributed by atoms with Gasteiger partial charge in [-0.15, -0.1) is 11.3 Å². The molecule has 0 spiro atoms. The Hall–Kier alpha value is -7.46. The summed E-state index contributed by atoms with van der Waals surface area (Å²) in [6.07, 6.45) is 0. The average Bonchev–Trinajstić information content (AvgIpc) is 3.98. The van der Waals surface area contributed by atoms with E-state index >= 15 is 0 Å². The Labute approximate surface area is 363 Å². The minimum atomic E-state index is -0.168. The van der Waals surface area contributed by atoms with Crippen LogP contribution in [0.15, 0.2) is 205 Å². The van der Waals surface area contributed by atoms with Crippen LogP contribution in [0.2, 0.25) is 0 Å². The molecule has 3 heteroatoms. The summed E-state index contributed by atoms with van der Waals surface area (Å²) in [7, 11) is 0. The molecule has 0 amide bonds. The lowest BCUT2D eigenvalue weighted by Crippen LogP contribution is -2.16. The van der Waals surface area contributed by atoms with Gasteiger partial charge in [0.1, 0.15) is 5.58 Å². The second-order valence-electron chi connectivity index (χ2n) is 17.2. The van der Waals surface area contributed by atoms with Gasteiger partial charge in [0.05, 0.1) is 5.69 Å². The maximum atomic E-state index is 7.33. The molecule has 0 bridgehead atoms. The Morgan fingerprint density at radius 2 is 1.03 bits per heavy atom. The van der Waals surface area contributed by atoms with Crippen LogP contribution in [-0.2, 0) is 5.41 Å². The summed E-state index contributed by atoms with van der Waals surface area (Å²) < 4.78 is 9.96. The molecule has 0 aliphatic heterocycles. The molecule has 10 aromatic carbocycles. The van der Waals surface area contributed by atoms with Crippen molar-refractivity contribution >= 4 is 92.1 Å². The lowest BCUT2D eigenvalue weighted by Gasteiger charge is -2.28. The third-order valence-corrected chi connectivity index (χ3v) is 14.7. The van der Waals surface area contributed by atoms with Gasteiger partial charge in [0, 0.05) is 53.1 Å².